The van der Waals surface area contributed by atoms with Crippen LogP contribution in [0.3, 0.4) is 0 Å². The third-order valence-corrected chi connectivity index (χ3v) is 2.97. The van der Waals surface area contributed by atoms with Gasteiger partial charge < -0.3 is 10.1 Å². The molecule has 0 unspecified atom stereocenters. The number of hydrogen-bond donors (Lipinski definition) is 2. The number of halogens is 2. The van der Waals surface area contributed by atoms with Crippen LogP contribution in [0, 0.1) is 5.82 Å². The first kappa shape index (κ1) is 15.9. The van der Waals surface area contributed by atoms with E-state index in [-0.39, 0.29) is 35.2 Å². The van der Waals surface area contributed by atoms with Crippen LogP contribution < -0.4 is 10.7 Å². The van der Waals surface area contributed by atoms with Gasteiger partial charge in [-0.25, -0.2) is 14.6 Å². The van der Waals surface area contributed by atoms with E-state index in [0.717, 1.165) is 6.07 Å². The van der Waals surface area contributed by atoms with Gasteiger partial charge in [-0.3, -0.25) is 9.59 Å². The van der Waals surface area contributed by atoms with E-state index in [0.29, 0.717) is 0 Å². The minimum atomic E-state index is -0.785. The summed E-state index contributed by atoms with van der Waals surface area (Å²) < 4.78 is 17.7. The summed E-state index contributed by atoms with van der Waals surface area (Å²) in [6.45, 7) is -0.541. The average molecular weight is 328 g/mol. The van der Waals surface area contributed by atoms with Gasteiger partial charge in [0.05, 0.1) is 5.02 Å². The lowest BCUT2D eigenvalue weighted by Gasteiger charge is -2.11. The number of hydrogen-bond acceptors (Lipinski definition) is 5. The van der Waals surface area contributed by atoms with Crippen molar-refractivity contribution in [1.29, 1.82) is 0 Å². The van der Waals surface area contributed by atoms with Crippen LogP contribution in [0.2, 0.25) is 5.02 Å². The summed E-state index contributed by atoms with van der Waals surface area (Å²) in [5, 5.41) is 5.81. The Labute approximate surface area is 129 Å². The second kappa shape index (κ2) is 6.99. The minimum absolute atomic E-state index is 0.0391. The number of ether oxygens (including phenoxy) is 1. The van der Waals surface area contributed by atoms with Gasteiger partial charge in [-0.15, -0.1) is 0 Å². The maximum atomic E-state index is 13.0. The van der Waals surface area contributed by atoms with Crippen LogP contribution in [-0.4, -0.2) is 30.1 Å². The molecule has 0 radical (unpaired) electrons. The monoisotopic (exact) mass is 327 g/mol. The molecule has 2 rings (SSSR count). The zero-order chi connectivity index (χ0) is 16.1. The van der Waals surface area contributed by atoms with E-state index in [1.165, 1.54) is 12.1 Å². The summed E-state index contributed by atoms with van der Waals surface area (Å²) in [7, 11) is 0. The predicted molar refractivity (Wildman–Crippen MR) is 75.8 cm³/mol. The lowest BCUT2D eigenvalue weighted by Crippen LogP contribution is -2.32. The normalized spacial score (nSPS) is 13.9. The van der Waals surface area contributed by atoms with Crippen LogP contribution in [-0.2, 0) is 19.1 Å². The van der Waals surface area contributed by atoms with E-state index >= 15 is 0 Å². The smallest absolute Gasteiger partial charge is 0.355 e. The van der Waals surface area contributed by atoms with Crippen LogP contribution in [0.15, 0.2) is 23.3 Å². The topological polar surface area (TPSA) is 96.9 Å². The number of hydrazone groups is 1. The van der Waals surface area contributed by atoms with Gasteiger partial charge in [-0.2, -0.15) is 5.10 Å². The van der Waals surface area contributed by atoms with Crippen molar-refractivity contribution < 1.29 is 23.5 Å². The number of nitrogens with zero attached hydrogens (tertiary/aromatic N) is 1. The Morgan fingerprint density at radius 1 is 1.41 bits per heavy atom. The molecule has 7 nitrogen and oxygen atoms in total. The second-order valence-electron chi connectivity index (χ2n) is 4.35. The zero-order valence-electron chi connectivity index (χ0n) is 11.2. The number of rotatable bonds is 4. The number of carbonyl (C=O) groups excluding carboxylic acids is 3. The quantitative estimate of drug-likeness (QED) is 0.813. The number of benzene rings is 1. The molecule has 1 aromatic carbocycles. The third-order valence-electron chi connectivity index (χ3n) is 2.68. The molecule has 0 bridgehead atoms. The first-order valence-electron chi connectivity index (χ1n) is 6.23. The highest BCUT2D eigenvalue weighted by atomic mass is 35.5. The van der Waals surface area contributed by atoms with Crippen molar-refractivity contribution in [3.05, 3.63) is 29.0 Å². The van der Waals surface area contributed by atoms with Gasteiger partial charge >= 0.3 is 5.97 Å². The summed E-state index contributed by atoms with van der Waals surface area (Å²) in [6, 6.07) is 3.66. The molecule has 0 aromatic heterocycles. The average Bonchev–Trinajstić information content (AvgIpc) is 2.49. The fourth-order valence-corrected chi connectivity index (χ4v) is 1.79. The largest absolute Gasteiger partial charge is 0.451 e. The number of carbonyl (C=O) groups is 3. The van der Waals surface area contributed by atoms with Crippen molar-refractivity contribution in [2.75, 3.05) is 11.9 Å². The Bertz CT molecular complexity index is 663. The van der Waals surface area contributed by atoms with Crippen molar-refractivity contribution in [3.8, 4) is 0 Å². The zero-order valence-corrected chi connectivity index (χ0v) is 11.9. The molecule has 1 heterocycles. The van der Waals surface area contributed by atoms with Crippen molar-refractivity contribution in [3.63, 3.8) is 0 Å². The molecule has 1 aromatic rings. The number of amides is 2. The Balaban J connectivity index is 1.83. The Morgan fingerprint density at radius 3 is 2.82 bits per heavy atom. The van der Waals surface area contributed by atoms with Crippen molar-refractivity contribution in [2.45, 2.75) is 12.8 Å². The highest BCUT2D eigenvalue weighted by Gasteiger charge is 2.20. The Hall–Kier alpha value is -2.48. The van der Waals surface area contributed by atoms with E-state index in [2.05, 4.69) is 15.8 Å². The van der Waals surface area contributed by atoms with Gasteiger partial charge in [0.1, 0.15) is 11.5 Å². The molecule has 116 valence electrons. The fraction of sp³-hybridized carbons (Fsp3) is 0.231. The summed E-state index contributed by atoms with van der Waals surface area (Å²) in [5.74, 6) is -2.30. The number of anilines is 1. The molecule has 2 amide bonds. The molecule has 0 fully saturated rings. The molecule has 1 aliphatic rings. The van der Waals surface area contributed by atoms with Crippen LogP contribution in [0.5, 0.6) is 0 Å². The molecule has 0 aliphatic carbocycles. The van der Waals surface area contributed by atoms with E-state index in [1.54, 1.807) is 0 Å². The molecule has 0 atom stereocenters. The van der Waals surface area contributed by atoms with Crippen LogP contribution in [0.1, 0.15) is 12.8 Å². The highest BCUT2D eigenvalue weighted by Crippen LogP contribution is 2.19. The molecule has 2 N–H and O–H groups in total. The predicted octanol–water partition coefficient (Wildman–Crippen LogP) is 1.23. The van der Waals surface area contributed by atoms with E-state index in [1.807, 2.05) is 0 Å². The SMILES string of the molecule is O=C1CCC(C(=O)OCC(=O)Nc2ccc(F)c(Cl)c2)=NN1. The van der Waals surface area contributed by atoms with Gasteiger partial charge in [0.2, 0.25) is 5.91 Å². The maximum Gasteiger partial charge on any atom is 0.355 e. The molecule has 9 heteroatoms. The second-order valence-corrected chi connectivity index (χ2v) is 4.75. The van der Waals surface area contributed by atoms with Crippen LogP contribution >= 0.6 is 11.6 Å². The molecular weight excluding hydrogens is 317 g/mol. The van der Waals surface area contributed by atoms with Gasteiger partial charge in [0, 0.05) is 18.5 Å². The molecule has 22 heavy (non-hydrogen) atoms. The summed E-state index contributed by atoms with van der Waals surface area (Å²) in [4.78, 5) is 34.1. The minimum Gasteiger partial charge on any atom is -0.451 e. The fourth-order valence-electron chi connectivity index (χ4n) is 1.61. The lowest BCUT2D eigenvalue weighted by atomic mass is 10.2. The van der Waals surface area contributed by atoms with Gasteiger partial charge in [-0.1, -0.05) is 11.6 Å². The Kier molecular flexibility index (Phi) is 5.05. The molecule has 0 saturated carbocycles. The van der Waals surface area contributed by atoms with Gasteiger partial charge in [0.15, 0.2) is 6.61 Å². The molecule has 0 saturated heterocycles. The first-order valence-corrected chi connectivity index (χ1v) is 6.61. The van der Waals surface area contributed by atoms with Gasteiger partial charge in [0.25, 0.3) is 5.91 Å². The summed E-state index contributed by atoms with van der Waals surface area (Å²) in [5.41, 5.74) is 2.46. The van der Waals surface area contributed by atoms with Gasteiger partial charge in [-0.05, 0) is 18.2 Å². The molecule has 0 spiro atoms. The van der Waals surface area contributed by atoms with Crippen molar-refractivity contribution in [1.82, 2.24) is 5.43 Å². The van der Waals surface area contributed by atoms with E-state index in [4.69, 9.17) is 16.3 Å². The first-order chi connectivity index (χ1) is 10.5. The standard InChI is InChI=1S/C13H11ClFN3O4/c14-8-5-7(1-2-9(8)15)16-12(20)6-22-13(21)10-3-4-11(19)18-17-10/h1-2,5H,3-4,6H2,(H,16,20)(H,18,19). The number of nitrogens with one attached hydrogen (secondary N) is 2. The van der Waals surface area contributed by atoms with Crippen LogP contribution in [0.25, 0.3) is 0 Å². The highest BCUT2D eigenvalue weighted by molar-refractivity contribution is 6.37. The van der Waals surface area contributed by atoms with E-state index < -0.39 is 24.3 Å². The Morgan fingerprint density at radius 2 is 2.18 bits per heavy atom. The van der Waals surface area contributed by atoms with Crippen molar-refractivity contribution >= 4 is 40.8 Å². The number of esters is 1. The maximum absolute atomic E-state index is 13.0. The van der Waals surface area contributed by atoms with Crippen molar-refractivity contribution in [2.24, 2.45) is 5.10 Å². The van der Waals surface area contributed by atoms with Crippen LogP contribution in [0.4, 0.5) is 10.1 Å². The summed E-state index contributed by atoms with van der Waals surface area (Å²) in [6.07, 6.45) is 0.286. The summed E-state index contributed by atoms with van der Waals surface area (Å²) >= 11 is 5.58. The third kappa shape index (κ3) is 4.26. The van der Waals surface area contributed by atoms with E-state index in [9.17, 15) is 18.8 Å². The lowest BCUT2D eigenvalue weighted by molar-refractivity contribution is -0.140. The molecular formula is C13H11ClFN3O4. The molecule has 1 aliphatic heterocycles.